The number of hydrogen-bond acceptors (Lipinski definition) is 3. The SMILES string of the molecule is CCNC(CCC(C)(C)OC)c1nccn1C. The summed E-state index contributed by atoms with van der Waals surface area (Å²) < 4.78 is 7.54. The first-order valence-electron chi connectivity index (χ1n) is 6.26. The molecule has 4 heteroatoms. The van der Waals surface area contributed by atoms with Gasteiger partial charge in [0.25, 0.3) is 0 Å². The van der Waals surface area contributed by atoms with Crippen LogP contribution in [0.25, 0.3) is 0 Å². The summed E-state index contributed by atoms with van der Waals surface area (Å²) in [6.45, 7) is 7.31. The van der Waals surface area contributed by atoms with E-state index >= 15 is 0 Å². The van der Waals surface area contributed by atoms with Crippen molar-refractivity contribution < 1.29 is 4.74 Å². The number of hydrogen-bond donors (Lipinski definition) is 1. The Hall–Kier alpha value is -0.870. The molecule has 1 heterocycles. The van der Waals surface area contributed by atoms with E-state index in [-0.39, 0.29) is 5.60 Å². The van der Waals surface area contributed by atoms with E-state index in [1.54, 1.807) is 7.11 Å². The van der Waals surface area contributed by atoms with E-state index in [0.717, 1.165) is 25.2 Å². The third-order valence-electron chi connectivity index (χ3n) is 3.21. The molecule has 1 unspecified atom stereocenters. The van der Waals surface area contributed by atoms with Crippen LogP contribution in [0.15, 0.2) is 12.4 Å². The molecule has 1 aromatic heterocycles. The summed E-state index contributed by atoms with van der Waals surface area (Å²) in [5, 5.41) is 3.48. The van der Waals surface area contributed by atoms with Gasteiger partial charge in [0.2, 0.25) is 0 Å². The molecule has 0 spiro atoms. The average molecular weight is 239 g/mol. The molecule has 4 nitrogen and oxygen atoms in total. The van der Waals surface area contributed by atoms with Crippen molar-refractivity contribution in [2.45, 2.75) is 45.3 Å². The lowest BCUT2D eigenvalue weighted by molar-refractivity contribution is 0.0114. The van der Waals surface area contributed by atoms with E-state index in [1.807, 2.05) is 19.4 Å². The summed E-state index contributed by atoms with van der Waals surface area (Å²) in [5.41, 5.74) is -0.0706. The van der Waals surface area contributed by atoms with Gasteiger partial charge in [0.05, 0.1) is 11.6 Å². The minimum atomic E-state index is -0.0706. The van der Waals surface area contributed by atoms with Gasteiger partial charge in [-0.15, -0.1) is 0 Å². The van der Waals surface area contributed by atoms with Gasteiger partial charge in [-0.1, -0.05) is 6.92 Å². The number of ether oxygens (including phenoxy) is 1. The monoisotopic (exact) mass is 239 g/mol. The summed E-state index contributed by atoms with van der Waals surface area (Å²) in [6, 6.07) is 0.300. The van der Waals surface area contributed by atoms with Crippen LogP contribution in [0.2, 0.25) is 0 Å². The number of nitrogens with zero attached hydrogens (tertiary/aromatic N) is 2. The molecule has 1 N–H and O–H groups in total. The van der Waals surface area contributed by atoms with Gasteiger partial charge < -0.3 is 14.6 Å². The Balaban J connectivity index is 2.65. The Morgan fingerprint density at radius 1 is 1.53 bits per heavy atom. The molecular formula is C13H25N3O. The zero-order valence-corrected chi connectivity index (χ0v) is 11.7. The molecule has 17 heavy (non-hydrogen) atoms. The van der Waals surface area contributed by atoms with Gasteiger partial charge in [-0.2, -0.15) is 0 Å². The van der Waals surface area contributed by atoms with Crippen LogP contribution in [0.3, 0.4) is 0 Å². The van der Waals surface area contributed by atoms with Crippen molar-refractivity contribution in [3.05, 3.63) is 18.2 Å². The highest BCUT2D eigenvalue weighted by Crippen LogP contribution is 2.23. The molecule has 0 aromatic carbocycles. The van der Waals surface area contributed by atoms with Crippen molar-refractivity contribution in [1.29, 1.82) is 0 Å². The van der Waals surface area contributed by atoms with E-state index in [4.69, 9.17) is 4.74 Å². The van der Waals surface area contributed by atoms with Gasteiger partial charge in [-0.05, 0) is 33.2 Å². The maximum atomic E-state index is 5.46. The molecule has 0 aliphatic heterocycles. The Kier molecular flexibility index (Phi) is 5.15. The number of rotatable bonds is 7. The fourth-order valence-electron chi connectivity index (χ4n) is 1.88. The minimum Gasteiger partial charge on any atom is -0.379 e. The quantitative estimate of drug-likeness (QED) is 0.793. The van der Waals surface area contributed by atoms with Crippen molar-refractivity contribution in [1.82, 2.24) is 14.9 Å². The molecule has 0 radical (unpaired) electrons. The lowest BCUT2D eigenvalue weighted by atomic mass is 9.98. The van der Waals surface area contributed by atoms with Crippen molar-refractivity contribution in [2.24, 2.45) is 7.05 Å². The van der Waals surface area contributed by atoms with Crippen LogP contribution in [0.1, 0.15) is 45.5 Å². The zero-order valence-electron chi connectivity index (χ0n) is 11.7. The molecule has 0 aliphatic carbocycles. The maximum Gasteiger partial charge on any atom is 0.125 e. The molecule has 1 aromatic rings. The normalized spacial score (nSPS) is 13.9. The lowest BCUT2D eigenvalue weighted by Crippen LogP contribution is -2.28. The number of imidazole rings is 1. The molecule has 0 amide bonds. The minimum absolute atomic E-state index is 0.0706. The van der Waals surface area contributed by atoms with E-state index < -0.39 is 0 Å². The first-order valence-corrected chi connectivity index (χ1v) is 6.26. The zero-order chi connectivity index (χ0) is 12.9. The smallest absolute Gasteiger partial charge is 0.125 e. The van der Waals surface area contributed by atoms with Crippen LogP contribution in [0, 0.1) is 0 Å². The third-order valence-corrected chi connectivity index (χ3v) is 3.21. The average Bonchev–Trinajstić information content (AvgIpc) is 2.71. The van der Waals surface area contributed by atoms with E-state index in [2.05, 4.69) is 35.6 Å². The first kappa shape index (κ1) is 14.2. The highest BCUT2D eigenvalue weighted by molar-refractivity contribution is 4.99. The fourth-order valence-corrected chi connectivity index (χ4v) is 1.88. The highest BCUT2D eigenvalue weighted by atomic mass is 16.5. The topological polar surface area (TPSA) is 39.1 Å². The third kappa shape index (κ3) is 4.13. The summed E-state index contributed by atoms with van der Waals surface area (Å²) >= 11 is 0. The number of methoxy groups -OCH3 is 1. The molecule has 0 saturated carbocycles. The van der Waals surface area contributed by atoms with Crippen molar-refractivity contribution in [2.75, 3.05) is 13.7 Å². The van der Waals surface area contributed by atoms with Gasteiger partial charge in [0.1, 0.15) is 5.82 Å². The van der Waals surface area contributed by atoms with E-state index in [0.29, 0.717) is 6.04 Å². The first-order chi connectivity index (χ1) is 8.00. The number of aromatic nitrogens is 2. The Bertz CT molecular complexity index is 333. The summed E-state index contributed by atoms with van der Waals surface area (Å²) in [4.78, 5) is 4.42. The molecule has 0 aliphatic rings. The van der Waals surface area contributed by atoms with Gasteiger partial charge in [-0.3, -0.25) is 0 Å². The van der Waals surface area contributed by atoms with Crippen molar-refractivity contribution >= 4 is 0 Å². The van der Waals surface area contributed by atoms with Crippen LogP contribution in [0.5, 0.6) is 0 Å². The number of aryl methyl sites for hydroxylation is 1. The maximum absolute atomic E-state index is 5.46. The standard InChI is InChI=1S/C13H25N3O/c1-6-14-11(7-8-13(2,3)17-5)12-15-9-10-16(12)4/h9-11,14H,6-8H2,1-5H3. The van der Waals surface area contributed by atoms with Gasteiger partial charge in [0.15, 0.2) is 0 Å². The second-order valence-electron chi connectivity index (χ2n) is 5.01. The van der Waals surface area contributed by atoms with Gasteiger partial charge in [0, 0.05) is 26.6 Å². The largest absolute Gasteiger partial charge is 0.379 e. The molecule has 0 fully saturated rings. The van der Waals surface area contributed by atoms with Crippen LogP contribution in [-0.4, -0.2) is 28.8 Å². The second-order valence-corrected chi connectivity index (χ2v) is 5.01. The predicted octanol–water partition coefficient (Wildman–Crippen LogP) is 2.28. The molecule has 98 valence electrons. The van der Waals surface area contributed by atoms with E-state index in [1.165, 1.54) is 0 Å². The summed E-state index contributed by atoms with van der Waals surface area (Å²) in [5.74, 6) is 1.10. The van der Waals surface area contributed by atoms with E-state index in [9.17, 15) is 0 Å². The molecule has 0 bridgehead atoms. The Morgan fingerprint density at radius 3 is 2.71 bits per heavy atom. The summed E-state index contributed by atoms with van der Waals surface area (Å²) in [6.07, 6.45) is 5.87. The number of nitrogens with one attached hydrogen (secondary N) is 1. The molecular weight excluding hydrogens is 214 g/mol. The van der Waals surface area contributed by atoms with Crippen molar-refractivity contribution in [3.8, 4) is 0 Å². The molecule has 0 saturated heterocycles. The van der Waals surface area contributed by atoms with Gasteiger partial charge >= 0.3 is 0 Å². The van der Waals surface area contributed by atoms with Crippen molar-refractivity contribution in [3.63, 3.8) is 0 Å². The Morgan fingerprint density at radius 2 is 2.24 bits per heavy atom. The van der Waals surface area contributed by atoms with Crippen LogP contribution >= 0.6 is 0 Å². The molecule has 1 rings (SSSR count). The highest BCUT2D eigenvalue weighted by Gasteiger charge is 2.21. The van der Waals surface area contributed by atoms with Crippen LogP contribution in [0.4, 0.5) is 0 Å². The Labute approximate surface area is 104 Å². The molecule has 1 atom stereocenters. The fraction of sp³-hybridized carbons (Fsp3) is 0.769. The van der Waals surface area contributed by atoms with Gasteiger partial charge in [-0.25, -0.2) is 4.98 Å². The predicted molar refractivity (Wildman–Crippen MR) is 69.9 cm³/mol. The van der Waals surface area contributed by atoms with Crippen LogP contribution in [-0.2, 0) is 11.8 Å². The lowest BCUT2D eigenvalue weighted by Gasteiger charge is -2.26. The van der Waals surface area contributed by atoms with Crippen LogP contribution < -0.4 is 5.32 Å². The summed E-state index contributed by atoms with van der Waals surface area (Å²) in [7, 11) is 3.80. The second kappa shape index (κ2) is 6.17.